The molecule has 0 aliphatic rings. The molecule has 92 valence electrons. The van der Waals surface area contributed by atoms with Gasteiger partial charge in [0.05, 0.1) is 12.1 Å². The Bertz CT molecular complexity index is 561. The Kier molecular flexibility index (Phi) is 4.00. The third-order valence-electron chi connectivity index (χ3n) is 2.53. The lowest BCUT2D eigenvalue weighted by atomic mass is 10.1. The second-order valence-corrected chi connectivity index (χ2v) is 4.19. The molecule has 3 heteroatoms. The van der Waals surface area contributed by atoms with Crippen LogP contribution in [0.25, 0.3) is 12.2 Å². The van der Waals surface area contributed by atoms with E-state index in [1.807, 2.05) is 36.4 Å². The summed E-state index contributed by atoms with van der Waals surface area (Å²) >= 11 is 5.62. The van der Waals surface area contributed by atoms with Crippen molar-refractivity contribution in [1.82, 2.24) is 0 Å². The fourth-order valence-corrected chi connectivity index (χ4v) is 1.64. The van der Waals surface area contributed by atoms with E-state index in [0.29, 0.717) is 0 Å². The number of halogens is 2. The lowest BCUT2D eigenvalue weighted by molar-refractivity contribution is 0.415. The van der Waals surface area contributed by atoms with Crippen LogP contribution in [0.5, 0.6) is 5.75 Å². The van der Waals surface area contributed by atoms with E-state index in [9.17, 15) is 4.39 Å². The van der Waals surface area contributed by atoms with Crippen molar-refractivity contribution in [2.45, 2.75) is 0 Å². The molecule has 0 spiro atoms. The summed E-state index contributed by atoms with van der Waals surface area (Å²) in [5, 5.41) is 0.136. The van der Waals surface area contributed by atoms with E-state index >= 15 is 0 Å². The molecule has 18 heavy (non-hydrogen) atoms. The molecule has 0 unspecified atom stereocenters. The molecule has 0 atom stereocenters. The van der Waals surface area contributed by atoms with Crippen molar-refractivity contribution in [3.05, 3.63) is 64.4 Å². The quantitative estimate of drug-likeness (QED) is 0.731. The van der Waals surface area contributed by atoms with Crippen molar-refractivity contribution in [3.63, 3.8) is 0 Å². The number of rotatable bonds is 3. The maximum Gasteiger partial charge on any atom is 0.142 e. The van der Waals surface area contributed by atoms with Gasteiger partial charge in [-0.3, -0.25) is 0 Å². The Morgan fingerprint density at radius 3 is 2.22 bits per heavy atom. The topological polar surface area (TPSA) is 9.23 Å². The van der Waals surface area contributed by atoms with E-state index in [4.69, 9.17) is 16.3 Å². The Labute approximate surface area is 110 Å². The SMILES string of the molecule is COc1ccc(/C=C/c2ccc(Cl)c(F)c2)cc1. The molecule has 0 saturated heterocycles. The third kappa shape index (κ3) is 3.11. The van der Waals surface area contributed by atoms with Crippen LogP contribution in [0, 0.1) is 5.82 Å². The zero-order chi connectivity index (χ0) is 13.0. The van der Waals surface area contributed by atoms with Crippen LogP contribution >= 0.6 is 11.6 Å². The maximum atomic E-state index is 13.2. The summed E-state index contributed by atoms with van der Waals surface area (Å²) in [6.45, 7) is 0. The Hall–Kier alpha value is -1.80. The molecule has 2 aromatic carbocycles. The second kappa shape index (κ2) is 5.69. The van der Waals surface area contributed by atoms with Crippen molar-refractivity contribution in [1.29, 1.82) is 0 Å². The minimum Gasteiger partial charge on any atom is -0.497 e. The molecule has 0 aliphatic carbocycles. The van der Waals surface area contributed by atoms with Gasteiger partial charge >= 0.3 is 0 Å². The number of benzene rings is 2. The number of hydrogen-bond acceptors (Lipinski definition) is 1. The zero-order valence-corrected chi connectivity index (χ0v) is 10.6. The maximum absolute atomic E-state index is 13.2. The predicted molar refractivity (Wildman–Crippen MR) is 73.3 cm³/mol. The minimum absolute atomic E-state index is 0.136. The van der Waals surface area contributed by atoms with E-state index in [-0.39, 0.29) is 5.02 Å². The van der Waals surface area contributed by atoms with E-state index in [0.717, 1.165) is 16.9 Å². The van der Waals surface area contributed by atoms with Crippen LogP contribution in [0.2, 0.25) is 5.02 Å². The molecular formula is C15H12ClFO. The standard InChI is InChI=1S/C15H12ClFO/c1-18-13-7-4-11(5-8-13)2-3-12-6-9-14(16)15(17)10-12/h2-10H,1H3/b3-2+. The molecule has 1 nitrogen and oxygen atoms in total. The van der Waals surface area contributed by atoms with E-state index in [2.05, 4.69) is 0 Å². The summed E-state index contributed by atoms with van der Waals surface area (Å²) in [5.41, 5.74) is 1.79. The van der Waals surface area contributed by atoms with Crippen molar-refractivity contribution in [2.24, 2.45) is 0 Å². The number of ether oxygens (including phenoxy) is 1. The van der Waals surface area contributed by atoms with Crippen LogP contribution < -0.4 is 4.74 Å². The van der Waals surface area contributed by atoms with E-state index < -0.39 is 5.82 Å². The fourth-order valence-electron chi connectivity index (χ4n) is 1.52. The third-order valence-corrected chi connectivity index (χ3v) is 2.83. The molecular weight excluding hydrogens is 251 g/mol. The van der Waals surface area contributed by atoms with Gasteiger partial charge in [-0.15, -0.1) is 0 Å². The largest absolute Gasteiger partial charge is 0.497 e. The van der Waals surface area contributed by atoms with Gasteiger partial charge in [0, 0.05) is 0 Å². The van der Waals surface area contributed by atoms with Gasteiger partial charge in [0.1, 0.15) is 11.6 Å². The Morgan fingerprint density at radius 1 is 1.00 bits per heavy atom. The predicted octanol–water partition coefficient (Wildman–Crippen LogP) is 4.66. The van der Waals surface area contributed by atoms with Crippen LogP contribution in [-0.2, 0) is 0 Å². The molecule has 0 bridgehead atoms. The number of methoxy groups -OCH3 is 1. The molecule has 0 aromatic heterocycles. The van der Waals surface area contributed by atoms with Gasteiger partial charge in [-0.1, -0.05) is 42.0 Å². The van der Waals surface area contributed by atoms with Crippen LogP contribution in [0.3, 0.4) is 0 Å². The summed E-state index contributed by atoms with van der Waals surface area (Å²) in [5.74, 6) is 0.401. The Balaban J connectivity index is 2.16. The first-order valence-corrected chi connectivity index (χ1v) is 5.84. The first kappa shape index (κ1) is 12.7. The fraction of sp³-hybridized carbons (Fsp3) is 0.0667. The molecule has 2 aromatic rings. The average molecular weight is 263 g/mol. The highest BCUT2D eigenvalue weighted by Gasteiger charge is 1.98. The highest BCUT2D eigenvalue weighted by molar-refractivity contribution is 6.30. The normalized spacial score (nSPS) is 10.8. The molecule has 2 rings (SSSR count). The van der Waals surface area contributed by atoms with Gasteiger partial charge in [-0.2, -0.15) is 0 Å². The van der Waals surface area contributed by atoms with Crippen molar-refractivity contribution < 1.29 is 9.13 Å². The second-order valence-electron chi connectivity index (χ2n) is 3.78. The molecule has 0 saturated carbocycles. The average Bonchev–Trinajstić information content (AvgIpc) is 2.41. The summed E-state index contributed by atoms with van der Waals surface area (Å²) < 4.78 is 18.3. The monoisotopic (exact) mass is 262 g/mol. The first-order valence-electron chi connectivity index (χ1n) is 5.46. The van der Waals surface area contributed by atoms with Gasteiger partial charge in [-0.05, 0) is 35.4 Å². The summed E-state index contributed by atoms with van der Waals surface area (Å²) in [7, 11) is 1.63. The summed E-state index contributed by atoms with van der Waals surface area (Å²) in [6, 6.07) is 12.3. The summed E-state index contributed by atoms with van der Waals surface area (Å²) in [4.78, 5) is 0. The molecule has 0 heterocycles. The number of hydrogen-bond donors (Lipinski definition) is 0. The molecule has 0 N–H and O–H groups in total. The molecule has 0 amide bonds. The van der Waals surface area contributed by atoms with Gasteiger partial charge in [0.2, 0.25) is 0 Å². The molecule has 0 fully saturated rings. The summed E-state index contributed by atoms with van der Waals surface area (Å²) in [6.07, 6.45) is 3.74. The highest BCUT2D eigenvalue weighted by atomic mass is 35.5. The molecule has 0 radical (unpaired) electrons. The van der Waals surface area contributed by atoms with Crippen molar-refractivity contribution >= 4 is 23.8 Å². The van der Waals surface area contributed by atoms with Gasteiger partial charge < -0.3 is 4.74 Å². The zero-order valence-electron chi connectivity index (χ0n) is 9.86. The highest BCUT2D eigenvalue weighted by Crippen LogP contribution is 2.18. The lowest BCUT2D eigenvalue weighted by Gasteiger charge is -1.99. The van der Waals surface area contributed by atoms with E-state index in [1.54, 1.807) is 19.2 Å². The Morgan fingerprint density at radius 2 is 1.61 bits per heavy atom. The van der Waals surface area contributed by atoms with Crippen LogP contribution in [0.15, 0.2) is 42.5 Å². The van der Waals surface area contributed by atoms with Crippen LogP contribution in [-0.4, -0.2) is 7.11 Å². The van der Waals surface area contributed by atoms with Gasteiger partial charge in [0.25, 0.3) is 0 Å². The van der Waals surface area contributed by atoms with Gasteiger partial charge in [0.15, 0.2) is 0 Å². The minimum atomic E-state index is -0.409. The van der Waals surface area contributed by atoms with Crippen LogP contribution in [0.4, 0.5) is 4.39 Å². The van der Waals surface area contributed by atoms with Gasteiger partial charge in [-0.25, -0.2) is 4.39 Å². The smallest absolute Gasteiger partial charge is 0.142 e. The van der Waals surface area contributed by atoms with Crippen molar-refractivity contribution in [3.8, 4) is 5.75 Å². The van der Waals surface area contributed by atoms with Crippen molar-refractivity contribution in [2.75, 3.05) is 7.11 Å². The van der Waals surface area contributed by atoms with Crippen LogP contribution in [0.1, 0.15) is 11.1 Å². The molecule has 0 aliphatic heterocycles. The lowest BCUT2D eigenvalue weighted by Crippen LogP contribution is -1.81. The first-order chi connectivity index (χ1) is 8.69. The van der Waals surface area contributed by atoms with E-state index in [1.165, 1.54) is 6.07 Å².